The highest BCUT2D eigenvalue weighted by molar-refractivity contribution is 6.14. The molecule has 0 aromatic heterocycles. The van der Waals surface area contributed by atoms with E-state index in [1.165, 1.54) is 11.3 Å². The van der Waals surface area contributed by atoms with E-state index < -0.39 is 0 Å². The number of nitrogens with zero attached hydrogens (tertiary/aromatic N) is 1. The summed E-state index contributed by atoms with van der Waals surface area (Å²) in [6.45, 7) is 7.21. The van der Waals surface area contributed by atoms with Gasteiger partial charge in [-0.05, 0) is 49.5 Å². The van der Waals surface area contributed by atoms with E-state index in [0.29, 0.717) is 36.3 Å². The first-order chi connectivity index (χ1) is 13.5. The summed E-state index contributed by atoms with van der Waals surface area (Å²) in [6.07, 6.45) is 6.80. The maximum atomic E-state index is 12.8. The largest absolute Gasteiger partial charge is 0.490 e. The lowest BCUT2D eigenvalue weighted by Gasteiger charge is -2.28. The molecule has 1 aliphatic heterocycles. The van der Waals surface area contributed by atoms with Crippen molar-refractivity contribution in [1.29, 1.82) is 0 Å². The average molecular weight is 386 g/mol. The van der Waals surface area contributed by atoms with Gasteiger partial charge in [0.1, 0.15) is 5.70 Å². The van der Waals surface area contributed by atoms with E-state index >= 15 is 0 Å². The third kappa shape index (κ3) is 4.66. The number of benzene rings is 1. The minimum atomic E-state index is -0.315. The van der Waals surface area contributed by atoms with Crippen molar-refractivity contribution < 1.29 is 19.1 Å². The molecular formula is C22H30N2O4. The quantitative estimate of drug-likeness (QED) is 0.559. The highest BCUT2D eigenvalue weighted by Gasteiger charge is 2.38. The number of amides is 3. The van der Waals surface area contributed by atoms with Gasteiger partial charge < -0.3 is 14.8 Å². The Kier molecular flexibility index (Phi) is 6.60. The number of urea groups is 1. The molecule has 3 rings (SSSR count). The summed E-state index contributed by atoms with van der Waals surface area (Å²) in [4.78, 5) is 26.6. The third-order valence-electron chi connectivity index (χ3n) is 5.00. The third-order valence-corrected chi connectivity index (χ3v) is 5.00. The van der Waals surface area contributed by atoms with Gasteiger partial charge >= 0.3 is 6.03 Å². The molecule has 28 heavy (non-hydrogen) atoms. The Morgan fingerprint density at radius 1 is 1.14 bits per heavy atom. The fourth-order valence-electron chi connectivity index (χ4n) is 3.64. The van der Waals surface area contributed by atoms with Gasteiger partial charge in [-0.2, -0.15) is 0 Å². The van der Waals surface area contributed by atoms with Gasteiger partial charge in [0.25, 0.3) is 5.91 Å². The van der Waals surface area contributed by atoms with Crippen molar-refractivity contribution in [2.75, 3.05) is 13.2 Å². The molecule has 1 N–H and O–H groups in total. The van der Waals surface area contributed by atoms with Gasteiger partial charge in [0.2, 0.25) is 0 Å². The smallest absolute Gasteiger partial charge is 0.329 e. The molecule has 6 nitrogen and oxygen atoms in total. The highest BCUT2D eigenvalue weighted by atomic mass is 16.5. The molecule has 1 saturated heterocycles. The van der Waals surface area contributed by atoms with Crippen LogP contribution < -0.4 is 14.8 Å². The molecular weight excluding hydrogens is 356 g/mol. The Morgan fingerprint density at radius 3 is 2.57 bits per heavy atom. The Bertz CT molecular complexity index is 751. The minimum Gasteiger partial charge on any atom is -0.490 e. The molecule has 0 atom stereocenters. The topological polar surface area (TPSA) is 67.9 Å². The zero-order valence-corrected chi connectivity index (χ0v) is 17.0. The standard InChI is InChI=1S/C22H30N2O4/c1-4-27-20-13-16(10-11-19(20)28-14-15(2)3)12-18-21(25)24(22(26)23-18)17-8-6-5-7-9-17/h10-13,15,17H,4-9,14H2,1-3H3,(H,23,26)/b18-12-. The highest BCUT2D eigenvalue weighted by Crippen LogP contribution is 2.31. The maximum Gasteiger partial charge on any atom is 0.329 e. The van der Waals surface area contributed by atoms with Crippen LogP contribution in [-0.4, -0.2) is 36.1 Å². The number of carbonyl (C=O) groups excluding carboxylic acids is 2. The fourth-order valence-corrected chi connectivity index (χ4v) is 3.64. The molecule has 1 heterocycles. The van der Waals surface area contributed by atoms with Crippen LogP contribution in [0.1, 0.15) is 58.4 Å². The molecule has 0 spiro atoms. The second kappa shape index (κ2) is 9.13. The van der Waals surface area contributed by atoms with E-state index in [1.807, 2.05) is 25.1 Å². The Labute approximate surface area is 166 Å². The predicted molar refractivity (Wildman–Crippen MR) is 108 cm³/mol. The van der Waals surface area contributed by atoms with Crippen LogP contribution in [0.25, 0.3) is 6.08 Å². The summed E-state index contributed by atoms with van der Waals surface area (Å²) >= 11 is 0. The van der Waals surface area contributed by atoms with E-state index in [-0.39, 0.29) is 18.0 Å². The van der Waals surface area contributed by atoms with E-state index in [2.05, 4.69) is 19.2 Å². The predicted octanol–water partition coefficient (Wildman–Crippen LogP) is 4.35. The number of hydrogen-bond acceptors (Lipinski definition) is 4. The second-order valence-electron chi connectivity index (χ2n) is 7.80. The van der Waals surface area contributed by atoms with Gasteiger partial charge in [-0.3, -0.25) is 9.69 Å². The number of nitrogens with one attached hydrogen (secondary N) is 1. The summed E-state index contributed by atoms with van der Waals surface area (Å²) in [5.74, 6) is 1.49. The molecule has 3 amide bonds. The summed E-state index contributed by atoms with van der Waals surface area (Å²) in [6, 6.07) is 5.26. The normalized spacial score (nSPS) is 19.4. The van der Waals surface area contributed by atoms with E-state index in [9.17, 15) is 9.59 Å². The lowest BCUT2D eigenvalue weighted by Crippen LogP contribution is -2.41. The van der Waals surface area contributed by atoms with Crippen LogP contribution >= 0.6 is 0 Å². The average Bonchev–Trinajstić information content (AvgIpc) is 2.95. The van der Waals surface area contributed by atoms with Crippen molar-refractivity contribution in [3.05, 3.63) is 29.5 Å². The number of rotatable bonds is 7. The molecule has 0 radical (unpaired) electrons. The molecule has 1 aromatic carbocycles. The number of carbonyl (C=O) groups is 2. The molecule has 2 aliphatic rings. The van der Waals surface area contributed by atoms with Gasteiger partial charge in [-0.15, -0.1) is 0 Å². The minimum absolute atomic E-state index is 0.0120. The molecule has 152 valence electrons. The van der Waals surface area contributed by atoms with Gasteiger partial charge in [-0.25, -0.2) is 4.79 Å². The van der Waals surface area contributed by atoms with Crippen molar-refractivity contribution in [3.63, 3.8) is 0 Å². The zero-order valence-electron chi connectivity index (χ0n) is 17.0. The first kappa shape index (κ1) is 20.2. The number of hydrogen-bond donors (Lipinski definition) is 1. The molecule has 0 unspecified atom stereocenters. The molecule has 1 aliphatic carbocycles. The zero-order chi connectivity index (χ0) is 20.1. The Hall–Kier alpha value is -2.50. The number of ether oxygens (including phenoxy) is 2. The van der Waals surface area contributed by atoms with Crippen molar-refractivity contribution in [2.24, 2.45) is 5.92 Å². The van der Waals surface area contributed by atoms with Crippen LogP contribution in [0.15, 0.2) is 23.9 Å². The number of imide groups is 1. The van der Waals surface area contributed by atoms with Crippen LogP contribution in [0.5, 0.6) is 11.5 Å². The van der Waals surface area contributed by atoms with Crippen LogP contribution in [0.4, 0.5) is 4.79 Å². The van der Waals surface area contributed by atoms with E-state index in [4.69, 9.17) is 9.47 Å². The summed E-state index contributed by atoms with van der Waals surface area (Å²) in [5.41, 5.74) is 1.10. The summed E-state index contributed by atoms with van der Waals surface area (Å²) in [7, 11) is 0. The first-order valence-corrected chi connectivity index (χ1v) is 10.3. The van der Waals surface area contributed by atoms with Crippen molar-refractivity contribution in [2.45, 2.75) is 58.9 Å². The van der Waals surface area contributed by atoms with Crippen molar-refractivity contribution >= 4 is 18.0 Å². The Morgan fingerprint density at radius 2 is 1.89 bits per heavy atom. The maximum absolute atomic E-state index is 12.8. The van der Waals surface area contributed by atoms with Gasteiger partial charge in [0.15, 0.2) is 11.5 Å². The molecule has 2 fully saturated rings. The lowest BCUT2D eigenvalue weighted by molar-refractivity contribution is -0.124. The fraction of sp³-hybridized carbons (Fsp3) is 0.545. The SMILES string of the molecule is CCOc1cc(/C=C2\NC(=O)N(C3CCCCC3)C2=O)ccc1OCC(C)C. The van der Waals surface area contributed by atoms with Gasteiger partial charge in [-0.1, -0.05) is 39.2 Å². The lowest BCUT2D eigenvalue weighted by atomic mass is 9.94. The van der Waals surface area contributed by atoms with Crippen LogP contribution in [0.3, 0.4) is 0 Å². The molecule has 6 heteroatoms. The van der Waals surface area contributed by atoms with Crippen molar-refractivity contribution in [3.8, 4) is 11.5 Å². The van der Waals surface area contributed by atoms with Crippen LogP contribution in [0.2, 0.25) is 0 Å². The van der Waals surface area contributed by atoms with Crippen molar-refractivity contribution in [1.82, 2.24) is 10.2 Å². The van der Waals surface area contributed by atoms with E-state index in [1.54, 1.807) is 6.08 Å². The van der Waals surface area contributed by atoms with Crippen LogP contribution in [-0.2, 0) is 4.79 Å². The van der Waals surface area contributed by atoms with E-state index in [0.717, 1.165) is 31.2 Å². The second-order valence-corrected chi connectivity index (χ2v) is 7.80. The summed E-state index contributed by atoms with van der Waals surface area (Å²) in [5, 5.41) is 2.73. The van der Waals surface area contributed by atoms with Crippen LogP contribution in [0, 0.1) is 5.92 Å². The Balaban J connectivity index is 1.79. The molecule has 1 saturated carbocycles. The van der Waals surface area contributed by atoms with Gasteiger partial charge in [0.05, 0.1) is 13.2 Å². The monoisotopic (exact) mass is 386 g/mol. The molecule has 1 aromatic rings. The summed E-state index contributed by atoms with van der Waals surface area (Å²) < 4.78 is 11.5. The van der Waals surface area contributed by atoms with Gasteiger partial charge in [0, 0.05) is 6.04 Å². The first-order valence-electron chi connectivity index (χ1n) is 10.3. The molecule has 0 bridgehead atoms.